The molecule has 1 radical (unpaired) electrons. The molecule has 1 heterocycles. The molecule has 0 saturated carbocycles. The molecule has 0 amide bonds. The summed E-state index contributed by atoms with van der Waals surface area (Å²) < 4.78 is 0.824. The molecule has 0 aliphatic carbocycles. The van der Waals surface area contributed by atoms with Crippen molar-refractivity contribution in [3.63, 3.8) is 0 Å². The first-order valence-corrected chi connectivity index (χ1v) is 10.6. The Kier molecular flexibility index (Phi) is 2.89. The first-order valence-electron chi connectivity index (χ1n) is 3.07. The van der Waals surface area contributed by atoms with Crippen molar-refractivity contribution >= 4 is 41.1 Å². The summed E-state index contributed by atoms with van der Waals surface area (Å²) in [5.41, 5.74) is 5.38. The van der Waals surface area contributed by atoms with E-state index in [0.29, 0.717) is 0 Å². The summed E-state index contributed by atoms with van der Waals surface area (Å²) in [6.45, 7) is 0. The van der Waals surface area contributed by atoms with E-state index in [1.807, 2.05) is 0 Å². The summed E-state index contributed by atoms with van der Waals surface area (Å²) in [4.78, 5) is 16.0. The van der Waals surface area contributed by atoms with Gasteiger partial charge in [-0.1, -0.05) is 0 Å². The quantitative estimate of drug-likeness (QED) is 0.738. The molecule has 0 spiro atoms. The molecule has 0 aliphatic heterocycles. The van der Waals surface area contributed by atoms with Crippen LogP contribution in [0.5, 0.6) is 0 Å². The summed E-state index contributed by atoms with van der Waals surface area (Å²) in [5.74, 6) is 0.224. The Morgan fingerprint density at radius 1 is 1.27 bits per heavy atom. The maximum absolute atomic E-state index is 5.58. The summed E-state index contributed by atoms with van der Waals surface area (Å²) in [5, 5.41) is 0.203. The fourth-order valence-corrected chi connectivity index (χ4v) is 2.86. The number of hydrogen-bond acceptors (Lipinski definition) is 4. The van der Waals surface area contributed by atoms with Gasteiger partial charge in [-0.25, -0.2) is 0 Å². The Morgan fingerprint density at radius 3 is 2.36 bits per heavy atom. The zero-order valence-corrected chi connectivity index (χ0v) is 9.91. The van der Waals surface area contributed by atoms with Crippen LogP contribution >= 0.6 is 11.6 Å². The average molecular weight is 278 g/mol. The number of aromatic nitrogens is 3. The standard InChI is InChI=1S/C3H2ClN4.2CH3.Sn/c4-2-6-1-7-3(5)8-2;;;/h(H2,5,6,7,8);2*1H3;. The van der Waals surface area contributed by atoms with Gasteiger partial charge in [-0.2, -0.15) is 0 Å². The van der Waals surface area contributed by atoms with Gasteiger partial charge in [0, 0.05) is 0 Å². The number of hydrogen-bond donors (Lipinski definition) is 1. The van der Waals surface area contributed by atoms with Gasteiger partial charge in [0.2, 0.25) is 0 Å². The molecule has 1 aromatic heterocycles. The number of halogens is 1. The van der Waals surface area contributed by atoms with Crippen molar-refractivity contribution in [1.29, 1.82) is 0 Å². The van der Waals surface area contributed by atoms with Gasteiger partial charge in [0.25, 0.3) is 0 Å². The molecule has 11 heavy (non-hydrogen) atoms. The summed E-state index contributed by atoms with van der Waals surface area (Å²) >= 11 is 4.06. The van der Waals surface area contributed by atoms with Gasteiger partial charge in [-0.3, -0.25) is 0 Å². The predicted octanol–water partition coefficient (Wildman–Crippen LogP) is 0.0686. The van der Waals surface area contributed by atoms with Crippen molar-refractivity contribution < 1.29 is 0 Å². The zero-order chi connectivity index (χ0) is 8.43. The molecule has 0 atom stereocenters. The minimum atomic E-state index is -1.52. The van der Waals surface area contributed by atoms with E-state index in [0.717, 1.165) is 3.84 Å². The van der Waals surface area contributed by atoms with E-state index in [4.69, 9.17) is 17.3 Å². The number of nitrogen functional groups attached to an aromatic ring is 1. The van der Waals surface area contributed by atoms with Crippen LogP contribution in [0.4, 0.5) is 5.95 Å². The second kappa shape index (κ2) is 3.53. The van der Waals surface area contributed by atoms with Crippen LogP contribution < -0.4 is 9.57 Å². The first-order chi connectivity index (χ1) is 5.09. The van der Waals surface area contributed by atoms with E-state index in [-0.39, 0.29) is 11.2 Å². The Hall–Kier alpha value is -0.101. The molecular formula is C5H8ClN4Sn. The Bertz CT molecular complexity index is 244. The number of nitrogens with two attached hydrogens (primary N) is 1. The molecule has 2 N–H and O–H groups in total. The minimum absolute atomic E-state index is 0.203. The molecule has 0 bridgehead atoms. The molecule has 0 fully saturated rings. The van der Waals surface area contributed by atoms with Crippen LogP contribution in [0, 0.1) is 0 Å². The normalized spacial score (nSPS) is 10.5. The van der Waals surface area contributed by atoms with Crippen molar-refractivity contribution in [2.45, 2.75) is 9.88 Å². The van der Waals surface area contributed by atoms with Crippen LogP contribution in [0.15, 0.2) is 0 Å². The summed E-state index contributed by atoms with van der Waals surface area (Å²) in [6, 6.07) is 0. The third-order valence-electron chi connectivity index (χ3n) is 1.07. The fourth-order valence-electron chi connectivity index (χ4n) is 0.589. The van der Waals surface area contributed by atoms with Gasteiger partial charge in [0.15, 0.2) is 0 Å². The molecule has 0 unspecified atom stereocenters. The Labute approximate surface area is 76.9 Å². The molecule has 59 valence electrons. The van der Waals surface area contributed by atoms with E-state index in [9.17, 15) is 0 Å². The third kappa shape index (κ3) is 2.44. The summed E-state index contributed by atoms with van der Waals surface area (Å²) in [7, 11) is 0. The van der Waals surface area contributed by atoms with Crippen LogP contribution in [0.25, 0.3) is 0 Å². The van der Waals surface area contributed by atoms with Gasteiger partial charge < -0.3 is 0 Å². The van der Waals surface area contributed by atoms with Crippen LogP contribution in [0.2, 0.25) is 15.2 Å². The predicted molar refractivity (Wildman–Crippen MR) is 46.4 cm³/mol. The van der Waals surface area contributed by atoms with E-state index in [1.165, 1.54) is 0 Å². The third-order valence-corrected chi connectivity index (χ3v) is 4.43. The van der Waals surface area contributed by atoms with Gasteiger partial charge in [0.1, 0.15) is 0 Å². The second-order valence-corrected chi connectivity index (χ2v) is 9.61. The zero-order valence-electron chi connectivity index (χ0n) is 6.30. The number of nitrogens with zero attached hydrogens (tertiary/aromatic N) is 3. The van der Waals surface area contributed by atoms with Crippen molar-refractivity contribution in [2.24, 2.45) is 0 Å². The monoisotopic (exact) mass is 279 g/mol. The molecule has 0 aliphatic rings. The number of rotatable bonds is 1. The fraction of sp³-hybridized carbons (Fsp3) is 0.400. The molecule has 0 saturated heterocycles. The first kappa shape index (κ1) is 8.99. The van der Waals surface area contributed by atoms with Crippen LogP contribution in [-0.4, -0.2) is 34.7 Å². The van der Waals surface area contributed by atoms with E-state index in [1.54, 1.807) is 0 Å². The average Bonchev–Trinajstić information content (AvgIpc) is 1.85. The van der Waals surface area contributed by atoms with Gasteiger partial charge in [-0.05, 0) is 0 Å². The SMILES string of the molecule is [CH3][Sn]([CH3])[c]1nc(N)nc(Cl)n1. The van der Waals surface area contributed by atoms with Crippen LogP contribution in [0.1, 0.15) is 0 Å². The molecule has 4 nitrogen and oxygen atoms in total. The molecule has 1 rings (SSSR count). The van der Waals surface area contributed by atoms with Crippen molar-refractivity contribution in [1.82, 2.24) is 15.0 Å². The topological polar surface area (TPSA) is 64.7 Å². The molecule has 6 heteroatoms. The maximum atomic E-state index is 5.58. The van der Waals surface area contributed by atoms with E-state index in [2.05, 4.69) is 24.8 Å². The second-order valence-electron chi connectivity index (χ2n) is 2.29. The van der Waals surface area contributed by atoms with Crippen LogP contribution in [-0.2, 0) is 0 Å². The molecule has 1 aromatic rings. The van der Waals surface area contributed by atoms with Crippen LogP contribution in [0.3, 0.4) is 0 Å². The van der Waals surface area contributed by atoms with Crippen molar-refractivity contribution in [2.75, 3.05) is 5.73 Å². The summed E-state index contributed by atoms with van der Waals surface area (Å²) in [6.07, 6.45) is 0. The van der Waals surface area contributed by atoms with Crippen molar-refractivity contribution in [3.8, 4) is 0 Å². The molecule has 0 aromatic carbocycles. The van der Waals surface area contributed by atoms with Gasteiger partial charge >= 0.3 is 77.0 Å². The number of anilines is 1. The van der Waals surface area contributed by atoms with Gasteiger partial charge in [-0.15, -0.1) is 0 Å². The van der Waals surface area contributed by atoms with E-state index >= 15 is 0 Å². The Morgan fingerprint density at radius 2 is 1.91 bits per heavy atom. The van der Waals surface area contributed by atoms with Crippen molar-refractivity contribution in [3.05, 3.63) is 5.28 Å². The van der Waals surface area contributed by atoms with E-state index < -0.39 is 19.8 Å². The molecular weight excluding hydrogens is 270 g/mol. The Balaban J connectivity index is 3.08. The van der Waals surface area contributed by atoms with Gasteiger partial charge in [0.05, 0.1) is 0 Å².